The van der Waals surface area contributed by atoms with Crippen molar-refractivity contribution in [2.24, 2.45) is 0 Å². The van der Waals surface area contributed by atoms with Crippen molar-refractivity contribution in [3.8, 4) is 0 Å². The van der Waals surface area contributed by atoms with Gasteiger partial charge >= 0.3 is 0 Å². The maximum absolute atomic E-state index is 12.9. The van der Waals surface area contributed by atoms with E-state index in [4.69, 9.17) is 0 Å². The van der Waals surface area contributed by atoms with E-state index >= 15 is 0 Å². The molecule has 7 heteroatoms. The van der Waals surface area contributed by atoms with Gasteiger partial charge in [0.2, 0.25) is 5.91 Å². The van der Waals surface area contributed by atoms with Crippen LogP contribution in [0.2, 0.25) is 0 Å². The molecule has 0 aliphatic carbocycles. The van der Waals surface area contributed by atoms with Gasteiger partial charge in [-0.3, -0.25) is 14.2 Å². The smallest absolute Gasteiger partial charge is 0.278 e. The van der Waals surface area contributed by atoms with E-state index < -0.39 is 0 Å². The molecule has 0 saturated carbocycles. The van der Waals surface area contributed by atoms with Gasteiger partial charge in [0, 0.05) is 17.4 Å². The average Bonchev–Trinajstić information content (AvgIpc) is 3.03. The number of aromatic nitrogens is 3. The Labute approximate surface area is 168 Å². The first-order valence-electron chi connectivity index (χ1n) is 9.42. The number of hydrogen-bond donors (Lipinski definition) is 2. The Balaban J connectivity index is 1.83. The molecule has 0 spiro atoms. The van der Waals surface area contributed by atoms with Crippen molar-refractivity contribution in [1.82, 2.24) is 14.5 Å². The number of fused-ring (bicyclic) bond motifs is 1. The van der Waals surface area contributed by atoms with Crippen LogP contribution >= 0.6 is 11.8 Å². The second-order valence-electron chi connectivity index (χ2n) is 7.18. The number of nitrogens with one attached hydrogen (secondary N) is 2. The second kappa shape index (κ2) is 8.22. The monoisotopic (exact) mass is 398 g/mol. The molecule has 0 bridgehead atoms. The highest BCUT2D eigenvalue weighted by molar-refractivity contribution is 7.99. The Morgan fingerprint density at radius 3 is 2.68 bits per heavy atom. The first-order valence-corrected chi connectivity index (χ1v) is 10.4. The summed E-state index contributed by atoms with van der Waals surface area (Å²) in [6, 6.07) is 7.70. The molecular weight excluding hydrogens is 372 g/mol. The van der Waals surface area contributed by atoms with E-state index in [1.807, 2.05) is 58.9 Å². The summed E-state index contributed by atoms with van der Waals surface area (Å²) in [4.78, 5) is 33.1. The van der Waals surface area contributed by atoms with Gasteiger partial charge in [0.1, 0.15) is 5.52 Å². The van der Waals surface area contributed by atoms with E-state index in [2.05, 4.69) is 15.3 Å². The summed E-state index contributed by atoms with van der Waals surface area (Å²) in [5.41, 5.74) is 5.04. The van der Waals surface area contributed by atoms with Gasteiger partial charge in [0.15, 0.2) is 5.16 Å². The highest BCUT2D eigenvalue weighted by Gasteiger charge is 2.18. The molecule has 0 unspecified atom stereocenters. The molecule has 1 aromatic carbocycles. The molecule has 148 valence electrons. The fraction of sp³-hybridized carbons (Fsp3) is 0.381. The molecule has 1 amide bonds. The second-order valence-corrected chi connectivity index (χ2v) is 8.12. The van der Waals surface area contributed by atoms with Crippen LogP contribution in [0.1, 0.15) is 43.1 Å². The van der Waals surface area contributed by atoms with E-state index in [9.17, 15) is 9.59 Å². The predicted octanol–water partition coefficient (Wildman–Crippen LogP) is 4.35. The van der Waals surface area contributed by atoms with E-state index in [1.165, 1.54) is 17.3 Å². The van der Waals surface area contributed by atoms with Crippen molar-refractivity contribution in [3.05, 3.63) is 51.4 Å². The van der Waals surface area contributed by atoms with Crippen molar-refractivity contribution in [2.45, 2.75) is 52.2 Å². The quantitative estimate of drug-likeness (QED) is 0.478. The minimum atomic E-state index is -0.122. The summed E-state index contributed by atoms with van der Waals surface area (Å²) in [6.07, 6.45) is 0.801. The predicted molar refractivity (Wildman–Crippen MR) is 115 cm³/mol. The molecule has 2 N–H and O–H groups in total. The minimum absolute atomic E-state index is 0.00156. The highest BCUT2D eigenvalue weighted by Crippen LogP contribution is 2.23. The number of rotatable bonds is 6. The Hall–Kier alpha value is -2.54. The number of carbonyl (C=O) groups is 1. The van der Waals surface area contributed by atoms with Crippen LogP contribution in [-0.4, -0.2) is 26.2 Å². The zero-order valence-electron chi connectivity index (χ0n) is 16.9. The summed E-state index contributed by atoms with van der Waals surface area (Å²) in [5, 5.41) is 3.49. The lowest BCUT2D eigenvalue weighted by Gasteiger charge is -2.17. The fourth-order valence-electron chi connectivity index (χ4n) is 3.01. The van der Waals surface area contributed by atoms with Crippen molar-refractivity contribution in [1.29, 1.82) is 0 Å². The SMILES string of the molecule is CC[C@H](C)n1c(SCC(=O)Nc2ccc(C)c(C)c2)nc2cc(C)[nH]c2c1=O. The standard InChI is InChI=1S/C21H26N4O2S/c1-6-15(5)25-20(27)19-17(10-14(4)22-19)24-21(25)28-11-18(26)23-16-8-7-12(2)13(3)9-16/h7-10,15,22H,6,11H2,1-5H3,(H,23,26)/t15-/m0/s1. The lowest BCUT2D eigenvalue weighted by atomic mass is 10.1. The van der Waals surface area contributed by atoms with Gasteiger partial charge < -0.3 is 10.3 Å². The number of aryl methyl sites for hydroxylation is 3. The third-order valence-electron chi connectivity index (χ3n) is 4.94. The first-order chi connectivity index (χ1) is 13.3. The maximum Gasteiger partial charge on any atom is 0.278 e. The van der Waals surface area contributed by atoms with E-state index in [-0.39, 0.29) is 23.3 Å². The van der Waals surface area contributed by atoms with Gasteiger partial charge in [-0.2, -0.15) is 0 Å². The van der Waals surface area contributed by atoms with Gasteiger partial charge in [-0.05, 0) is 63.4 Å². The van der Waals surface area contributed by atoms with Crippen LogP contribution in [-0.2, 0) is 4.79 Å². The third kappa shape index (κ3) is 4.14. The summed E-state index contributed by atoms with van der Waals surface area (Å²) < 4.78 is 1.69. The fourth-order valence-corrected chi connectivity index (χ4v) is 3.91. The van der Waals surface area contributed by atoms with Gasteiger partial charge in [-0.1, -0.05) is 24.8 Å². The first kappa shape index (κ1) is 20.2. The number of anilines is 1. The van der Waals surface area contributed by atoms with E-state index in [0.29, 0.717) is 16.2 Å². The Morgan fingerprint density at radius 2 is 2.00 bits per heavy atom. The third-order valence-corrected chi connectivity index (χ3v) is 5.89. The van der Waals surface area contributed by atoms with Gasteiger partial charge in [-0.25, -0.2) is 4.98 Å². The number of hydrogen-bond acceptors (Lipinski definition) is 4. The number of benzene rings is 1. The van der Waals surface area contributed by atoms with Gasteiger partial charge in [-0.15, -0.1) is 0 Å². The Kier molecular flexibility index (Phi) is 5.93. The largest absolute Gasteiger partial charge is 0.353 e. The highest BCUT2D eigenvalue weighted by atomic mass is 32.2. The van der Waals surface area contributed by atoms with Crippen LogP contribution in [0.5, 0.6) is 0 Å². The molecule has 6 nitrogen and oxygen atoms in total. The maximum atomic E-state index is 12.9. The van der Waals surface area contributed by atoms with Crippen LogP contribution in [0.4, 0.5) is 5.69 Å². The molecule has 0 saturated heterocycles. The molecule has 0 aliphatic rings. The summed E-state index contributed by atoms with van der Waals surface area (Å²) in [7, 11) is 0. The molecule has 2 aromatic heterocycles. The van der Waals surface area contributed by atoms with Crippen LogP contribution in [0, 0.1) is 20.8 Å². The van der Waals surface area contributed by atoms with Crippen molar-refractivity contribution in [2.75, 3.05) is 11.1 Å². The lowest BCUT2D eigenvalue weighted by molar-refractivity contribution is -0.113. The Morgan fingerprint density at radius 1 is 1.25 bits per heavy atom. The zero-order valence-corrected chi connectivity index (χ0v) is 17.7. The molecule has 28 heavy (non-hydrogen) atoms. The van der Waals surface area contributed by atoms with E-state index in [1.54, 1.807) is 4.57 Å². The number of thioether (sulfide) groups is 1. The number of amides is 1. The van der Waals surface area contributed by atoms with Crippen LogP contribution < -0.4 is 10.9 Å². The number of aromatic amines is 1. The van der Waals surface area contributed by atoms with Gasteiger partial charge in [0.25, 0.3) is 5.56 Å². The van der Waals surface area contributed by atoms with Crippen LogP contribution in [0.25, 0.3) is 11.0 Å². The molecule has 0 radical (unpaired) electrons. The Bertz CT molecular complexity index is 1080. The van der Waals surface area contributed by atoms with E-state index in [0.717, 1.165) is 23.4 Å². The zero-order chi connectivity index (χ0) is 20.4. The summed E-state index contributed by atoms with van der Waals surface area (Å²) in [5.74, 6) is 0.0635. The summed E-state index contributed by atoms with van der Waals surface area (Å²) >= 11 is 1.29. The van der Waals surface area contributed by atoms with Crippen molar-refractivity contribution in [3.63, 3.8) is 0 Å². The van der Waals surface area contributed by atoms with Crippen LogP contribution in [0.3, 0.4) is 0 Å². The number of carbonyl (C=O) groups excluding carboxylic acids is 1. The molecule has 1 atom stereocenters. The lowest BCUT2D eigenvalue weighted by Crippen LogP contribution is -2.26. The van der Waals surface area contributed by atoms with Crippen molar-refractivity contribution < 1.29 is 4.79 Å². The molecule has 0 fully saturated rings. The summed E-state index contributed by atoms with van der Waals surface area (Å²) in [6.45, 7) is 9.97. The molecule has 2 heterocycles. The molecule has 3 aromatic rings. The molecular formula is C21H26N4O2S. The molecule has 0 aliphatic heterocycles. The topological polar surface area (TPSA) is 79.8 Å². The van der Waals surface area contributed by atoms with Crippen LogP contribution in [0.15, 0.2) is 34.2 Å². The number of H-pyrrole nitrogens is 1. The average molecular weight is 399 g/mol. The minimum Gasteiger partial charge on any atom is -0.353 e. The molecule has 3 rings (SSSR count). The normalized spacial score (nSPS) is 12.3. The van der Waals surface area contributed by atoms with Crippen molar-refractivity contribution >= 4 is 34.4 Å². The number of nitrogens with zero attached hydrogens (tertiary/aromatic N) is 2. The van der Waals surface area contributed by atoms with Gasteiger partial charge in [0.05, 0.1) is 11.3 Å².